The van der Waals surface area contributed by atoms with Crippen LogP contribution >= 0.6 is 0 Å². The smallest absolute Gasteiger partial charge is 0.324 e. The van der Waals surface area contributed by atoms with Crippen LogP contribution in [0.25, 0.3) is 10.9 Å². The Bertz CT molecular complexity index is 731. The van der Waals surface area contributed by atoms with Crippen molar-refractivity contribution >= 4 is 22.7 Å². The minimum absolute atomic E-state index is 0.139. The molecule has 0 spiro atoms. The van der Waals surface area contributed by atoms with Crippen LogP contribution in [0, 0.1) is 0 Å². The Morgan fingerprint density at radius 1 is 1.43 bits per heavy atom. The number of para-hydroxylation sites is 1. The van der Waals surface area contributed by atoms with E-state index < -0.39 is 11.4 Å². The number of ether oxygens (including phenoxy) is 1. The van der Waals surface area contributed by atoms with E-state index in [2.05, 4.69) is 0 Å². The molecule has 1 aromatic carbocycles. The number of cyclic esters (lactones) is 1. The molecule has 0 N–H and O–H groups in total. The van der Waals surface area contributed by atoms with Crippen LogP contribution in [-0.2, 0) is 26.8 Å². The molecule has 1 aliphatic heterocycles. The van der Waals surface area contributed by atoms with Crippen molar-refractivity contribution in [1.29, 1.82) is 0 Å². The highest BCUT2D eigenvalue weighted by Crippen LogP contribution is 2.42. The summed E-state index contributed by atoms with van der Waals surface area (Å²) < 4.78 is 7.39. The van der Waals surface area contributed by atoms with E-state index in [0.29, 0.717) is 6.42 Å². The van der Waals surface area contributed by atoms with Gasteiger partial charge < -0.3 is 9.30 Å². The lowest BCUT2D eigenvalue weighted by molar-refractivity contribution is -0.148. The third-order valence-corrected chi connectivity index (χ3v) is 4.57. The predicted octanol–water partition coefficient (Wildman–Crippen LogP) is 2.73. The average molecular weight is 285 g/mol. The van der Waals surface area contributed by atoms with Gasteiger partial charge in [-0.2, -0.15) is 0 Å². The van der Waals surface area contributed by atoms with E-state index in [0.717, 1.165) is 22.9 Å². The molecule has 3 rings (SSSR count). The number of ketones is 1. The SMILES string of the molecule is CC[C@H]1C[C@@](C(C)=O)(c2cn(C)c3ccccc23)C(=O)O1. The molecule has 1 saturated heterocycles. The summed E-state index contributed by atoms with van der Waals surface area (Å²) >= 11 is 0. The summed E-state index contributed by atoms with van der Waals surface area (Å²) in [4.78, 5) is 24.9. The van der Waals surface area contributed by atoms with Crippen molar-refractivity contribution in [3.05, 3.63) is 36.0 Å². The first-order valence-electron chi connectivity index (χ1n) is 7.27. The van der Waals surface area contributed by atoms with Gasteiger partial charge in [-0.25, -0.2) is 0 Å². The fourth-order valence-electron chi connectivity index (χ4n) is 3.32. The number of benzene rings is 1. The molecule has 0 unspecified atom stereocenters. The maximum atomic E-state index is 12.5. The number of esters is 1. The van der Waals surface area contributed by atoms with Gasteiger partial charge in [0.25, 0.3) is 0 Å². The Kier molecular flexibility index (Phi) is 3.12. The van der Waals surface area contributed by atoms with Gasteiger partial charge >= 0.3 is 5.97 Å². The van der Waals surface area contributed by atoms with Crippen LogP contribution in [0.15, 0.2) is 30.5 Å². The second kappa shape index (κ2) is 4.72. The lowest BCUT2D eigenvalue weighted by Gasteiger charge is -2.21. The number of hydrogen-bond donors (Lipinski definition) is 0. The van der Waals surface area contributed by atoms with Gasteiger partial charge in [0.05, 0.1) is 0 Å². The number of Topliss-reactive ketones (excluding diaryl/α,β-unsaturated/α-hetero) is 1. The van der Waals surface area contributed by atoms with Gasteiger partial charge in [-0.15, -0.1) is 0 Å². The second-order valence-corrected chi connectivity index (χ2v) is 5.77. The van der Waals surface area contributed by atoms with Gasteiger partial charge in [-0.3, -0.25) is 9.59 Å². The maximum absolute atomic E-state index is 12.5. The summed E-state index contributed by atoms with van der Waals surface area (Å²) in [6, 6.07) is 7.83. The fraction of sp³-hybridized carbons (Fsp3) is 0.412. The number of aromatic nitrogens is 1. The summed E-state index contributed by atoms with van der Waals surface area (Å²) in [5.74, 6) is -0.544. The number of nitrogens with zero attached hydrogens (tertiary/aromatic N) is 1. The lowest BCUT2D eigenvalue weighted by atomic mass is 9.74. The molecule has 4 nitrogen and oxygen atoms in total. The molecule has 21 heavy (non-hydrogen) atoms. The van der Waals surface area contributed by atoms with Crippen LogP contribution in [0.3, 0.4) is 0 Å². The lowest BCUT2D eigenvalue weighted by Crippen LogP contribution is -2.38. The molecule has 0 saturated carbocycles. The minimum atomic E-state index is -1.15. The number of carbonyl (C=O) groups is 2. The van der Waals surface area contributed by atoms with Gasteiger partial charge in [0.2, 0.25) is 0 Å². The summed E-state index contributed by atoms with van der Waals surface area (Å²) in [7, 11) is 1.93. The fourth-order valence-corrected chi connectivity index (χ4v) is 3.32. The van der Waals surface area contributed by atoms with E-state index in [1.54, 1.807) is 0 Å². The van der Waals surface area contributed by atoms with Crippen molar-refractivity contribution < 1.29 is 14.3 Å². The molecule has 0 bridgehead atoms. The number of aryl methyl sites for hydroxylation is 1. The van der Waals surface area contributed by atoms with Crippen molar-refractivity contribution in [2.75, 3.05) is 0 Å². The quantitative estimate of drug-likeness (QED) is 0.643. The van der Waals surface area contributed by atoms with Crippen LogP contribution in [0.4, 0.5) is 0 Å². The number of rotatable bonds is 3. The Morgan fingerprint density at radius 3 is 2.76 bits per heavy atom. The number of hydrogen-bond acceptors (Lipinski definition) is 3. The molecule has 2 atom stereocenters. The summed E-state index contributed by atoms with van der Waals surface area (Å²) in [5.41, 5.74) is 0.636. The summed E-state index contributed by atoms with van der Waals surface area (Å²) in [5, 5.41) is 0.948. The first kappa shape index (κ1) is 13.9. The zero-order valence-corrected chi connectivity index (χ0v) is 12.6. The minimum Gasteiger partial charge on any atom is -0.461 e. The summed E-state index contributed by atoms with van der Waals surface area (Å²) in [6.07, 6.45) is 2.88. The van der Waals surface area contributed by atoms with Crippen molar-refractivity contribution in [2.24, 2.45) is 7.05 Å². The molecule has 1 aromatic heterocycles. The van der Waals surface area contributed by atoms with Crippen molar-refractivity contribution in [1.82, 2.24) is 4.57 Å². The van der Waals surface area contributed by atoms with Gasteiger partial charge in [0.15, 0.2) is 11.2 Å². The monoisotopic (exact) mass is 285 g/mol. The van der Waals surface area contributed by atoms with Crippen LogP contribution < -0.4 is 0 Å². The van der Waals surface area contributed by atoms with Crippen LogP contribution in [0.2, 0.25) is 0 Å². The molecule has 110 valence electrons. The first-order chi connectivity index (χ1) is 10.0. The van der Waals surface area contributed by atoms with Gasteiger partial charge in [0, 0.05) is 36.1 Å². The molecule has 2 aromatic rings. The Balaban J connectivity index is 2.27. The van der Waals surface area contributed by atoms with Crippen LogP contribution in [-0.4, -0.2) is 22.4 Å². The average Bonchev–Trinajstić information content (AvgIpc) is 2.98. The highest BCUT2D eigenvalue weighted by Gasteiger charge is 2.54. The van der Waals surface area contributed by atoms with Crippen LogP contribution in [0.1, 0.15) is 32.3 Å². The first-order valence-corrected chi connectivity index (χ1v) is 7.27. The van der Waals surface area contributed by atoms with E-state index in [9.17, 15) is 9.59 Å². The molecule has 1 fully saturated rings. The summed E-state index contributed by atoms with van der Waals surface area (Å²) in [6.45, 7) is 3.46. The zero-order valence-electron chi connectivity index (χ0n) is 12.6. The second-order valence-electron chi connectivity index (χ2n) is 5.77. The van der Waals surface area contributed by atoms with Gasteiger partial charge in [-0.05, 0) is 19.4 Å². The van der Waals surface area contributed by atoms with Crippen LogP contribution in [0.5, 0.6) is 0 Å². The standard InChI is InChI=1S/C17H19NO3/c1-4-12-9-17(11(2)19,16(20)21-12)14-10-18(3)15-8-6-5-7-13(14)15/h5-8,10,12H,4,9H2,1-3H3/t12-,17+/m0/s1. The van der Waals surface area contributed by atoms with Gasteiger partial charge in [-0.1, -0.05) is 25.1 Å². The Morgan fingerprint density at radius 2 is 2.14 bits per heavy atom. The van der Waals surface area contributed by atoms with Crippen molar-refractivity contribution in [3.8, 4) is 0 Å². The van der Waals surface area contributed by atoms with Crippen molar-refractivity contribution in [3.63, 3.8) is 0 Å². The normalized spacial score (nSPS) is 25.3. The Labute approximate surface area is 123 Å². The van der Waals surface area contributed by atoms with Gasteiger partial charge in [0.1, 0.15) is 6.10 Å². The van der Waals surface area contributed by atoms with E-state index in [1.165, 1.54) is 6.92 Å². The third-order valence-electron chi connectivity index (χ3n) is 4.57. The molecule has 4 heteroatoms. The van der Waals surface area contributed by atoms with E-state index in [-0.39, 0.29) is 11.9 Å². The Hall–Kier alpha value is -2.10. The van der Waals surface area contributed by atoms with E-state index >= 15 is 0 Å². The third kappa shape index (κ3) is 1.82. The maximum Gasteiger partial charge on any atom is 0.324 e. The van der Waals surface area contributed by atoms with Crippen molar-refractivity contribution in [2.45, 2.75) is 38.2 Å². The molecule has 1 aliphatic rings. The molecule has 0 amide bonds. The molecule has 2 heterocycles. The molecular weight excluding hydrogens is 266 g/mol. The number of carbonyl (C=O) groups excluding carboxylic acids is 2. The zero-order chi connectivity index (χ0) is 15.2. The molecule has 0 radical (unpaired) electrons. The molecule has 0 aliphatic carbocycles. The predicted molar refractivity (Wildman–Crippen MR) is 80.1 cm³/mol. The highest BCUT2D eigenvalue weighted by atomic mass is 16.6. The van der Waals surface area contributed by atoms with E-state index in [1.807, 2.05) is 49.0 Å². The van der Waals surface area contributed by atoms with E-state index in [4.69, 9.17) is 4.74 Å². The molecular formula is C17H19NO3. The number of fused-ring (bicyclic) bond motifs is 1. The topological polar surface area (TPSA) is 48.3 Å². The largest absolute Gasteiger partial charge is 0.461 e. The highest BCUT2D eigenvalue weighted by molar-refractivity contribution is 6.12.